The van der Waals surface area contributed by atoms with Crippen molar-refractivity contribution in [2.45, 2.75) is 54.8 Å². The molecule has 0 aromatic carbocycles. The van der Waals surface area contributed by atoms with Crippen molar-refractivity contribution in [1.29, 1.82) is 0 Å². The number of phosphoric acid groups is 1. The van der Waals surface area contributed by atoms with Crippen LogP contribution in [0.2, 0.25) is 0 Å². The third-order valence-corrected chi connectivity index (χ3v) is 4.79. The van der Waals surface area contributed by atoms with Crippen molar-refractivity contribution in [2.24, 2.45) is 0 Å². The molecule has 0 radical (unpaired) electrons. The van der Waals surface area contributed by atoms with Gasteiger partial charge < -0.3 is 59.7 Å². The maximum absolute atomic E-state index is 11.2. The van der Waals surface area contributed by atoms with Crippen LogP contribution in [-0.2, 0) is 23.3 Å². The first-order valence-corrected chi connectivity index (χ1v) is 9.32. The number of phosphoric ester groups is 1. The molecule has 9 atom stereocenters. The summed E-state index contributed by atoms with van der Waals surface area (Å²) in [5.41, 5.74) is 0. The van der Waals surface area contributed by atoms with Gasteiger partial charge in [0.1, 0.15) is 43.2 Å². The number of rotatable bonds is 7. The first-order valence-electron chi connectivity index (χ1n) is 7.79. The minimum atomic E-state index is -5.24. The predicted octanol–water partition coefficient (Wildman–Crippen LogP) is -5.93. The first kappa shape index (κ1) is 27.4. The summed E-state index contributed by atoms with van der Waals surface area (Å²) in [4.78, 5) is 18.1. The maximum atomic E-state index is 11.2. The van der Waals surface area contributed by atoms with Gasteiger partial charge in [0.25, 0.3) is 0 Å². The normalized spacial score (nSPS) is 44.3. The first-order chi connectivity index (χ1) is 12.5. The summed E-state index contributed by atoms with van der Waals surface area (Å²) in [5.74, 6) is -2.53. The summed E-state index contributed by atoms with van der Waals surface area (Å²) in [5, 5.41) is 67.8. The SMILES string of the molecule is O=P(O)(O)O[C@H]1[C@H](O)[C@@H](CO)O[C@@]1(CO)O[C@H]1O[C@H](CO)[C@@H](O)[C@H](O)[C@H]1O.[KH]. The van der Waals surface area contributed by atoms with E-state index in [2.05, 4.69) is 4.52 Å². The summed E-state index contributed by atoms with van der Waals surface area (Å²) < 4.78 is 31.1. The molecule has 2 aliphatic heterocycles. The molecule has 2 saturated heterocycles. The van der Waals surface area contributed by atoms with E-state index in [0.29, 0.717) is 0 Å². The number of aliphatic hydroxyl groups excluding tert-OH is 7. The molecule has 0 aromatic heterocycles. The fourth-order valence-corrected chi connectivity index (χ4v) is 3.49. The van der Waals surface area contributed by atoms with Gasteiger partial charge >= 0.3 is 59.2 Å². The molecule has 162 valence electrons. The van der Waals surface area contributed by atoms with Crippen LogP contribution >= 0.6 is 7.82 Å². The minimum absolute atomic E-state index is 0. The average Bonchev–Trinajstić information content (AvgIpc) is 2.86. The van der Waals surface area contributed by atoms with Crippen LogP contribution in [-0.4, -0.2) is 172 Å². The van der Waals surface area contributed by atoms with Crippen LogP contribution in [0.4, 0.5) is 0 Å². The third-order valence-electron chi connectivity index (χ3n) is 4.29. The molecule has 0 bridgehead atoms. The van der Waals surface area contributed by atoms with Crippen molar-refractivity contribution >= 4 is 59.2 Å². The molecule has 9 N–H and O–H groups in total. The topological polar surface area (TPSA) is 236 Å². The molecule has 2 fully saturated rings. The molecule has 0 saturated carbocycles. The Kier molecular flexibility index (Phi) is 10.5. The van der Waals surface area contributed by atoms with E-state index in [-0.39, 0.29) is 51.4 Å². The standard InChI is InChI=1S/C12H23O14P.K.H/c13-1-4-6(16)8(18)9(19)11(23-4)25-12(3-15)10(26-27(20,21)22)7(17)5(2-14)24-12;;/h4-11,13-19H,1-3H2,(H2,20,21,22);;/t4-,5-,6-,7-,8+,9-,10+,11-,12+;;/m1../s1. The molecule has 14 nitrogen and oxygen atoms in total. The van der Waals surface area contributed by atoms with Crippen LogP contribution in [0.5, 0.6) is 0 Å². The molecule has 0 spiro atoms. The van der Waals surface area contributed by atoms with E-state index in [4.69, 9.17) is 24.0 Å². The van der Waals surface area contributed by atoms with E-state index in [0.717, 1.165) is 0 Å². The second kappa shape index (κ2) is 10.8. The molecule has 28 heavy (non-hydrogen) atoms. The van der Waals surface area contributed by atoms with Gasteiger partial charge in [-0.2, -0.15) is 0 Å². The van der Waals surface area contributed by atoms with Gasteiger partial charge in [0, 0.05) is 0 Å². The Morgan fingerprint density at radius 1 is 0.893 bits per heavy atom. The van der Waals surface area contributed by atoms with E-state index < -0.39 is 82.4 Å². The van der Waals surface area contributed by atoms with E-state index in [1.165, 1.54) is 0 Å². The van der Waals surface area contributed by atoms with Crippen LogP contribution in [0.1, 0.15) is 0 Å². The molecule has 0 aromatic rings. The van der Waals surface area contributed by atoms with E-state index >= 15 is 0 Å². The Labute approximate surface area is 201 Å². The molecule has 2 aliphatic rings. The Morgan fingerprint density at radius 3 is 1.93 bits per heavy atom. The summed E-state index contributed by atoms with van der Waals surface area (Å²) >= 11 is 0. The number of aliphatic hydroxyl groups is 7. The zero-order valence-corrected chi connectivity index (χ0v) is 14.6. The average molecular weight is 462 g/mol. The molecule has 0 unspecified atom stereocenters. The van der Waals surface area contributed by atoms with Gasteiger partial charge in [-0.3, -0.25) is 4.52 Å². The molecule has 2 rings (SSSR count). The molecule has 0 aliphatic carbocycles. The molecular formula is C12H24KO14P. The van der Waals surface area contributed by atoms with Crippen molar-refractivity contribution in [3.05, 3.63) is 0 Å². The zero-order chi connectivity index (χ0) is 20.6. The number of ether oxygens (including phenoxy) is 3. The van der Waals surface area contributed by atoms with Gasteiger partial charge in [0.2, 0.25) is 5.79 Å². The van der Waals surface area contributed by atoms with Gasteiger partial charge in [-0.05, 0) is 0 Å². The van der Waals surface area contributed by atoms with Crippen LogP contribution in [0.3, 0.4) is 0 Å². The fourth-order valence-electron chi connectivity index (χ4n) is 2.90. The van der Waals surface area contributed by atoms with E-state index in [1.807, 2.05) is 0 Å². The van der Waals surface area contributed by atoms with E-state index in [9.17, 15) is 40.3 Å². The van der Waals surface area contributed by atoms with Gasteiger partial charge in [0.05, 0.1) is 13.2 Å². The number of hydrogen-bond acceptors (Lipinski definition) is 12. The monoisotopic (exact) mass is 462 g/mol. The fraction of sp³-hybridized carbons (Fsp3) is 1.00. The summed E-state index contributed by atoms with van der Waals surface area (Å²) in [6, 6.07) is 0. The van der Waals surface area contributed by atoms with Crippen molar-refractivity contribution < 1.29 is 68.8 Å². The predicted molar refractivity (Wildman–Crippen MR) is 86.7 cm³/mol. The molecular weight excluding hydrogens is 438 g/mol. The summed E-state index contributed by atoms with van der Waals surface area (Å²) in [6.45, 7) is -2.82. The van der Waals surface area contributed by atoms with Gasteiger partial charge in [-0.15, -0.1) is 0 Å². The molecule has 2 heterocycles. The van der Waals surface area contributed by atoms with Crippen molar-refractivity contribution in [3.8, 4) is 0 Å². The van der Waals surface area contributed by atoms with Crippen LogP contribution in [0.15, 0.2) is 0 Å². The van der Waals surface area contributed by atoms with Crippen molar-refractivity contribution in [1.82, 2.24) is 0 Å². The Bertz CT molecular complexity index is 546. The second-order valence-corrected chi connectivity index (χ2v) is 7.32. The van der Waals surface area contributed by atoms with Gasteiger partial charge in [0.15, 0.2) is 12.4 Å². The second-order valence-electron chi connectivity index (χ2n) is 6.13. The number of hydrogen-bond donors (Lipinski definition) is 9. The van der Waals surface area contributed by atoms with Crippen LogP contribution in [0.25, 0.3) is 0 Å². The Morgan fingerprint density at radius 2 is 1.46 bits per heavy atom. The van der Waals surface area contributed by atoms with Gasteiger partial charge in [-0.1, -0.05) is 0 Å². The Balaban J connectivity index is 0.00000392. The Hall–Kier alpha value is 1.35. The summed E-state index contributed by atoms with van der Waals surface area (Å²) in [6.07, 6.45) is -14.1. The van der Waals surface area contributed by atoms with E-state index in [1.54, 1.807) is 0 Å². The van der Waals surface area contributed by atoms with Crippen LogP contribution < -0.4 is 0 Å². The zero-order valence-electron chi connectivity index (χ0n) is 13.8. The molecule has 0 amide bonds. The molecule has 16 heteroatoms. The van der Waals surface area contributed by atoms with Gasteiger partial charge in [-0.25, -0.2) is 4.57 Å². The van der Waals surface area contributed by atoms with Crippen LogP contribution in [0, 0.1) is 0 Å². The quantitative estimate of drug-likeness (QED) is 0.127. The third kappa shape index (κ3) is 5.77. The van der Waals surface area contributed by atoms with Crippen molar-refractivity contribution in [3.63, 3.8) is 0 Å². The van der Waals surface area contributed by atoms with Crippen molar-refractivity contribution in [2.75, 3.05) is 19.8 Å². The summed E-state index contributed by atoms with van der Waals surface area (Å²) in [7, 11) is -5.24.